The zero-order valence-electron chi connectivity index (χ0n) is 13.5. The molecule has 0 amide bonds. The summed E-state index contributed by atoms with van der Waals surface area (Å²) >= 11 is 12.3. The van der Waals surface area contributed by atoms with Gasteiger partial charge in [0.25, 0.3) is 0 Å². The van der Waals surface area contributed by atoms with E-state index < -0.39 is 23.7 Å². The molecular formula is C16H18Cl2N2O4. The second-order valence-corrected chi connectivity index (χ2v) is 7.19. The smallest absolute Gasteiger partial charge is 0.419 e. The molecule has 0 bridgehead atoms. The number of aliphatic carboxylic acids is 1. The minimum absolute atomic E-state index is 0.00168. The van der Waals surface area contributed by atoms with Crippen molar-refractivity contribution in [3.63, 3.8) is 0 Å². The summed E-state index contributed by atoms with van der Waals surface area (Å²) in [5, 5.41) is 10.1. The second-order valence-electron chi connectivity index (χ2n) is 6.41. The molecule has 130 valence electrons. The van der Waals surface area contributed by atoms with Crippen molar-refractivity contribution in [1.29, 1.82) is 0 Å². The van der Waals surface area contributed by atoms with Crippen LogP contribution in [0.2, 0.25) is 10.0 Å². The predicted octanol–water partition coefficient (Wildman–Crippen LogP) is 3.69. The highest BCUT2D eigenvalue weighted by Crippen LogP contribution is 2.35. The van der Waals surface area contributed by atoms with Crippen molar-refractivity contribution < 1.29 is 19.4 Å². The molecule has 1 aromatic heterocycles. The molecule has 1 aromatic carbocycles. The summed E-state index contributed by atoms with van der Waals surface area (Å²) < 4.78 is 6.65. The average molecular weight is 373 g/mol. The fourth-order valence-electron chi connectivity index (χ4n) is 2.28. The minimum atomic E-state index is -1.15. The largest absolute Gasteiger partial charge is 0.480 e. The van der Waals surface area contributed by atoms with Crippen molar-refractivity contribution >= 4 is 46.2 Å². The Morgan fingerprint density at radius 3 is 2.50 bits per heavy atom. The van der Waals surface area contributed by atoms with Crippen LogP contribution in [-0.4, -0.2) is 33.4 Å². The van der Waals surface area contributed by atoms with Crippen LogP contribution in [0.25, 0.3) is 10.9 Å². The van der Waals surface area contributed by atoms with Crippen molar-refractivity contribution in [3.8, 4) is 0 Å². The van der Waals surface area contributed by atoms with Gasteiger partial charge in [0.05, 0.1) is 15.6 Å². The Labute approximate surface area is 149 Å². The number of nitrogens with zero attached hydrogens (tertiary/aromatic N) is 1. The first-order valence-corrected chi connectivity index (χ1v) is 7.96. The summed E-state index contributed by atoms with van der Waals surface area (Å²) in [7, 11) is 0. The number of nitrogens with two attached hydrogens (primary N) is 1. The lowest BCUT2D eigenvalue weighted by atomic mass is 10.1. The van der Waals surface area contributed by atoms with E-state index in [9.17, 15) is 9.59 Å². The number of hydrogen-bond donors (Lipinski definition) is 2. The molecule has 6 nitrogen and oxygen atoms in total. The molecular weight excluding hydrogens is 355 g/mol. The lowest BCUT2D eigenvalue weighted by molar-refractivity contribution is -0.138. The van der Waals surface area contributed by atoms with Crippen molar-refractivity contribution in [2.45, 2.75) is 38.8 Å². The Morgan fingerprint density at radius 1 is 1.33 bits per heavy atom. The van der Waals surface area contributed by atoms with E-state index in [-0.39, 0.29) is 11.4 Å². The van der Waals surface area contributed by atoms with Gasteiger partial charge in [-0.05, 0) is 38.5 Å². The molecule has 0 fully saturated rings. The van der Waals surface area contributed by atoms with Gasteiger partial charge in [-0.25, -0.2) is 4.79 Å². The number of fused-ring (bicyclic) bond motifs is 1. The van der Waals surface area contributed by atoms with Gasteiger partial charge in [-0.1, -0.05) is 23.2 Å². The van der Waals surface area contributed by atoms with Gasteiger partial charge in [-0.15, -0.1) is 0 Å². The highest BCUT2D eigenvalue weighted by Gasteiger charge is 2.24. The molecule has 0 aliphatic rings. The SMILES string of the molecule is CC(C)(C)OC(=O)n1cc(C[C@H](N)C(=O)O)c2c(Cl)c(Cl)ccc21. The average Bonchev–Trinajstić information content (AvgIpc) is 2.80. The summed E-state index contributed by atoms with van der Waals surface area (Å²) in [4.78, 5) is 23.5. The molecule has 0 unspecified atom stereocenters. The van der Waals surface area contributed by atoms with Gasteiger partial charge in [-0.3, -0.25) is 9.36 Å². The summed E-state index contributed by atoms with van der Waals surface area (Å²) in [6.45, 7) is 5.26. The molecule has 8 heteroatoms. The topological polar surface area (TPSA) is 94.5 Å². The summed E-state index contributed by atoms with van der Waals surface area (Å²) in [5.74, 6) is -1.15. The summed E-state index contributed by atoms with van der Waals surface area (Å²) in [5.41, 5.74) is 5.92. The maximum absolute atomic E-state index is 12.4. The molecule has 2 aromatic rings. The fourth-order valence-corrected chi connectivity index (χ4v) is 2.72. The lowest BCUT2D eigenvalue weighted by Gasteiger charge is -2.19. The van der Waals surface area contributed by atoms with Gasteiger partial charge in [0.1, 0.15) is 11.6 Å². The van der Waals surface area contributed by atoms with Crippen LogP contribution in [0.4, 0.5) is 4.79 Å². The number of carbonyl (C=O) groups excluding carboxylic acids is 1. The van der Waals surface area contributed by atoms with Gasteiger partial charge in [0.15, 0.2) is 0 Å². The van der Waals surface area contributed by atoms with E-state index in [2.05, 4.69) is 0 Å². The lowest BCUT2D eigenvalue weighted by Crippen LogP contribution is -2.32. The Bertz CT molecular complexity index is 808. The van der Waals surface area contributed by atoms with Crippen LogP contribution < -0.4 is 5.73 Å². The van der Waals surface area contributed by atoms with E-state index in [0.717, 1.165) is 0 Å². The normalized spacial score (nSPS) is 13.1. The Kier molecular flexibility index (Phi) is 5.13. The molecule has 0 spiro atoms. The van der Waals surface area contributed by atoms with Gasteiger partial charge in [0, 0.05) is 18.0 Å². The van der Waals surface area contributed by atoms with Crippen molar-refractivity contribution in [3.05, 3.63) is 33.9 Å². The van der Waals surface area contributed by atoms with Crippen LogP contribution >= 0.6 is 23.2 Å². The zero-order chi connectivity index (χ0) is 18.2. The first-order chi connectivity index (χ1) is 11.0. The third kappa shape index (κ3) is 3.83. The molecule has 3 N–H and O–H groups in total. The second kappa shape index (κ2) is 6.63. The fraction of sp³-hybridized carbons (Fsp3) is 0.375. The monoisotopic (exact) mass is 372 g/mol. The van der Waals surface area contributed by atoms with E-state index in [1.165, 1.54) is 10.8 Å². The van der Waals surface area contributed by atoms with Crippen LogP contribution in [0.15, 0.2) is 18.3 Å². The maximum Gasteiger partial charge on any atom is 0.419 e. The highest BCUT2D eigenvalue weighted by molar-refractivity contribution is 6.45. The number of halogens is 2. The number of aromatic nitrogens is 1. The molecule has 1 heterocycles. The number of carboxylic acids is 1. The van der Waals surface area contributed by atoms with Crippen LogP contribution in [0.5, 0.6) is 0 Å². The van der Waals surface area contributed by atoms with Gasteiger partial charge >= 0.3 is 12.1 Å². The molecule has 24 heavy (non-hydrogen) atoms. The first kappa shape index (κ1) is 18.6. The molecule has 0 aliphatic heterocycles. The van der Waals surface area contributed by atoms with E-state index >= 15 is 0 Å². The quantitative estimate of drug-likeness (QED) is 0.856. The van der Waals surface area contributed by atoms with Crippen molar-refractivity contribution in [1.82, 2.24) is 4.57 Å². The Hall–Kier alpha value is -1.76. The number of benzene rings is 1. The van der Waals surface area contributed by atoms with Crippen LogP contribution in [0.1, 0.15) is 26.3 Å². The predicted molar refractivity (Wildman–Crippen MR) is 92.9 cm³/mol. The first-order valence-electron chi connectivity index (χ1n) is 7.21. The maximum atomic E-state index is 12.4. The molecule has 0 saturated carbocycles. The minimum Gasteiger partial charge on any atom is -0.480 e. The Balaban J connectivity index is 2.59. The third-order valence-electron chi connectivity index (χ3n) is 3.29. The van der Waals surface area contributed by atoms with Gasteiger partial charge in [-0.2, -0.15) is 0 Å². The van der Waals surface area contributed by atoms with Crippen molar-refractivity contribution in [2.75, 3.05) is 0 Å². The van der Waals surface area contributed by atoms with E-state index in [1.54, 1.807) is 32.9 Å². The van der Waals surface area contributed by atoms with Crippen LogP contribution in [-0.2, 0) is 16.0 Å². The number of hydrogen-bond acceptors (Lipinski definition) is 4. The number of ether oxygens (including phenoxy) is 1. The zero-order valence-corrected chi connectivity index (χ0v) is 15.0. The summed E-state index contributed by atoms with van der Waals surface area (Å²) in [6.07, 6.45) is 0.895. The van der Waals surface area contributed by atoms with E-state index in [0.29, 0.717) is 21.5 Å². The van der Waals surface area contributed by atoms with Crippen LogP contribution in [0, 0.1) is 0 Å². The Morgan fingerprint density at radius 2 is 1.96 bits per heavy atom. The van der Waals surface area contributed by atoms with E-state index in [4.69, 9.17) is 38.8 Å². The number of rotatable bonds is 3. The van der Waals surface area contributed by atoms with Gasteiger partial charge in [0.2, 0.25) is 0 Å². The van der Waals surface area contributed by atoms with Crippen molar-refractivity contribution in [2.24, 2.45) is 5.73 Å². The van der Waals surface area contributed by atoms with Gasteiger partial charge < -0.3 is 15.6 Å². The third-order valence-corrected chi connectivity index (χ3v) is 4.09. The molecule has 0 aliphatic carbocycles. The molecule has 2 rings (SSSR count). The highest BCUT2D eigenvalue weighted by atomic mass is 35.5. The molecule has 1 atom stereocenters. The standard InChI is InChI=1S/C16H18Cl2N2O4/c1-16(2,3)24-15(23)20-7-8(6-10(19)14(21)22)12-11(20)5-4-9(17)13(12)18/h4-5,7,10H,6,19H2,1-3H3,(H,21,22)/t10-/m0/s1. The molecule has 0 saturated heterocycles. The summed E-state index contributed by atoms with van der Waals surface area (Å²) in [6, 6.07) is 2.06. The number of carbonyl (C=O) groups is 2. The van der Waals surface area contributed by atoms with Crippen LogP contribution in [0.3, 0.4) is 0 Å². The number of carboxylic acid groups (broad SMARTS) is 1. The molecule has 0 radical (unpaired) electrons. The van der Waals surface area contributed by atoms with E-state index in [1.807, 2.05) is 0 Å².